The maximum atomic E-state index is 12.4. The Morgan fingerprint density at radius 2 is 2.11 bits per heavy atom. The van der Waals surface area contributed by atoms with Crippen molar-refractivity contribution in [2.24, 2.45) is 0 Å². The lowest BCUT2D eigenvalue weighted by Crippen LogP contribution is -2.31. The fourth-order valence-electron chi connectivity index (χ4n) is 2.14. The summed E-state index contributed by atoms with van der Waals surface area (Å²) in [5.41, 5.74) is 1.68. The molecule has 1 aromatic heterocycles. The van der Waals surface area contributed by atoms with Crippen molar-refractivity contribution in [1.29, 1.82) is 0 Å². The zero-order valence-electron chi connectivity index (χ0n) is 11.6. The molecular weight excluding hydrogens is 236 g/mol. The fourth-order valence-corrected chi connectivity index (χ4v) is 2.14. The van der Waals surface area contributed by atoms with Gasteiger partial charge in [0, 0.05) is 30.2 Å². The number of carbonyl (C=O) groups is 1. The summed E-state index contributed by atoms with van der Waals surface area (Å²) >= 11 is 0. The molecule has 0 spiro atoms. The van der Waals surface area contributed by atoms with E-state index in [9.17, 15) is 4.79 Å². The summed E-state index contributed by atoms with van der Waals surface area (Å²) in [6.07, 6.45) is 3.92. The lowest BCUT2D eigenvalue weighted by atomic mass is 10.1. The minimum atomic E-state index is 0.113. The van der Waals surface area contributed by atoms with Gasteiger partial charge in [0.1, 0.15) is 0 Å². The van der Waals surface area contributed by atoms with E-state index in [-0.39, 0.29) is 5.91 Å². The number of hydrogen-bond acceptors (Lipinski definition) is 2. The number of carbonyl (C=O) groups excluding carboxylic acids is 1. The summed E-state index contributed by atoms with van der Waals surface area (Å²) in [5.74, 6) is 0.113. The molecule has 1 amide bonds. The quantitative estimate of drug-likeness (QED) is 0.820. The lowest BCUT2D eigenvalue weighted by Gasteiger charge is -2.20. The molecular formula is C16H20N2O. The summed E-state index contributed by atoms with van der Waals surface area (Å²) in [4.78, 5) is 18.6. The van der Waals surface area contributed by atoms with E-state index in [2.05, 4.69) is 11.9 Å². The number of benzene rings is 1. The van der Waals surface area contributed by atoms with Gasteiger partial charge in [-0.05, 0) is 37.6 Å². The smallest absolute Gasteiger partial charge is 0.253 e. The molecule has 3 heteroatoms. The van der Waals surface area contributed by atoms with Crippen LogP contribution in [0.25, 0.3) is 10.9 Å². The molecule has 1 aromatic carbocycles. The molecule has 1 heterocycles. The highest BCUT2D eigenvalue weighted by Gasteiger charge is 2.13. The highest BCUT2D eigenvalue weighted by atomic mass is 16.2. The fraction of sp³-hybridized carbons (Fsp3) is 0.375. The van der Waals surface area contributed by atoms with Crippen molar-refractivity contribution in [3.63, 3.8) is 0 Å². The average molecular weight is 256 g/mol. The van der Waals surface area contributed by atoms with Gasteiger partial charge < -0.3 is 4.90 Å². The molecule has 3 nitrogen and oxygen atoms in total. The predicted molar refractivity (Wildman–Crippen MR) is 78.2 cm³/mol. The molecule has 0 aliphatic heterocycles. The maximum absolute atomic E-state index is 12.4. The van der Waals surface area contributed by atoms with Crippen molar-refractivity contribution < 1.29 is 4.79 Å². The van der Waals surface area contributed by atoms with Crippen LogP contribution in [0.2, 0.25) is 0 Å². The Morgan fingerprint density at radius 3 is 2.84 bits per heavy atom. The van der Waals surface area contributed by atoms with Gasteiger partial charge in [-0.3, -0.25) is 9.78 Å². The van der Waals surface area contributed by atoms with Gasteiger partial charge in [-0.1, -0.05) is 19.4 Å². The first-order valence-corrected chi connectivity index (χ1v) is 6.90. The van der Waals surface area contributed by atoms with E-state index in [0.29, 0.717) is 0 Å². The number of hydrogen-bond donors (Lipinski definition) is 0. The van der Waals surface area contributed by atoms with E-state index in [0.717, 1.165) is 42.4 Å². The molecule has 0 saturated carbocycles. The summed E-state index contributed by atoms with van der Waals surface area (Å²) in [6.45, 7) is 5.75. The summed E-state index contributed by atoms with van der Waals surface area (Å²) < 4.78 is 0. The molecule has 0 aliphatic rings. The van der Waals surface area contributed by atoms with Crippen LogP contribution < -0.4 is 0 Å². The van der Waals surface area contributed by atoms with Crippen molar-refractivity contribution in [3.05, 3.63) is 42.1 Å². The van der Waals surface area contributed by atoms with Gasteiger partial charge in [-0.25, -0.2) is 0 Å². The van der Waals surface area contributed by atoms with Gasteiger partial charge >= 0.3 is 0 Å². The average Bonchev–Trinajstić information content (AvgIpc) is 2.47. The number of rotatable bonds is 5. The SMILES string of the molecule is CCCCN(CC)C(=O)c1ccc2ncccc2c1. The van der Waals surface area contributed by atoms with Crippen molar-refractivity contribution in [1.82, 2.24) is 9.88 Å². The molecule has 0 N–H and O–H groups in total. The van der Waals surface area contributed by atoms with Crippen LogP contribution in [0, 0.1) is 0 Å². The summed E-state index contributed by atoms with van der Waals surface area (Å²) in [5, 5.41) is 1.01. The number of nitrogens with zero attached hydrogens (tertiary/aromatic N) is 2. The van der Waals surface area contributed by atoms with Crippen LogP contribution in [-0.2, 0) is 0 Å². The Labute approximate surface area is 114 Å². The van der Waals surface area contributed by atoms with E-state index in [1.54, 1.807) is 6.20 Å². The van der Waals surface area contributed by atoms with Crippen LogP contribution in [0.1, 0.15) is 37.0 Å². The molecule has 0 fully saturated rings. The van der Waals surface area contributed by atoms with Gasteiger partial charge in [0.05, 0.1) is 5.52 Å². The molecule has 2 aromatic rings. The third-order valence-corrected chi connectivity index (χ3v) is 3.30. The van der Waals surface area contributed by atoms with Gasteiger partial charge in [-0.2, -0.15) is 0 Å². The summed E-state index contributed by atoms with van der Waals surface area (Å²) in [6, 6.07) is 9.59. The molecule has 0 aliphatic carbocycles. The van der Waals surface area contributed by atoms with Crippen molar-refractivity contribution >= 4 is 16.8 Å². The Morgan fingerprint density at radius 1 is 1.26 bits per heavy atom. The topological polar surface area (TPSA) is 33.2 Å². The minimum Gasteiger partial charge on any atom is -0.339 e. The van der Waals surface area contributed by atoms with E-state index < -0.39 is 0 Å². The van der Waals surface area contributed by atoms with E-state index in [4.69, 9.17) is 0 Å². The van der Waals surface area contributed by atoms with E-state index in [1.807, 2.05) is 42.2 Å². The zero-order chi connectivity index (χ0) is 13.7. The molecule has 0 atom stereocenters. The third-order valence-electron chi connectivity index (χ3n) is 3.30. The highest BCUT2D eigenvalue weighted by Crippen LogP contribution is 2.15. The van der Waals surface area contributed by atoms with Gasteiger partial charge in [0.15, 0.2) is 0 Å². The second-order valence-corrected chi connectivity index (χ2v) is 4.65. The minimum absolute atomic E-state index is 0.113. The highest BCUT2D eigenvalue weighted by molar-refractivity contribution is 5.97. The van der Waals surface area contributed by atoms with E-state index >= 15 is 0 Å². The normalized spacial score (nSPS) is 10.6. The van der Waals surface area contributed by atoms with Crippen molar-refractivity contribution in [2.75, 3.05) is 13.1 Å². The van der Waals surface area contributed by atoms with Gasteiger partial charge in [0.25, 0.3) is 5.91 Å². The Bertz CT molecular complexity index is 565. The predicted octanol–water partition coefficient (Wildman–Crippen LogP) is 3.50. The van der Waals surface area contributed by atoms with Crippen LogP contribution >= 0.6 is 0 Å². The molecule has 100 valence electrons. The van der Waals surface area contributed by atoms with Crippen LogP contribution in [0.15, 0.2) is 36.5 Å². The van der Waals surface area contributed by atoms with E-state index in [1.165, 1.54) is 0 Å². The Balaban J connectivity index is 2.24. The first-order valence-electron chi connectivity index (χ1n) is 6.90. The van der Waals surface area contributed by atoms with Gasteiger partial charge in [-0.15, -0.1) is 0 Å². The number of unbranched alkanes of at least 4 members (excludes halogenated alkanes) is 1. The molecule has 0 radical (unpaired) electrons. The van der Waals surface area contributed by atoms with Crippen molar-refractivity contribution in [2.45, 2.75) is 26.7 Å². The van der Waals surface area contributed by atoms with Crippen molar-refractivity contribution in [3.8, 4) is 0 Å². The Kier molecular flexibility index (Phi) is 4.50. The maximum Gasteiger partial charge on any atom is 0.253 e. The first kappa shape index (κ1) is 13.5. The second kappa shape index (κ2) is 6.32. The second-order valence-electron chi connectivity index (χ2n) is 4.65. The Hall–Kier alpha value is -1.90. The molecule has 2 rings (SSSR count). The number of fused-ring (bicyclic) bond motifs is 1. The lowest BCUT2D eigenvalue weighted by molar-refractivity contribution is 0.0762. The zero-order valence-corrected chi connectivity index (χ0v) is 11.6. The number of aromatic nitrogens is 1. The number of amides is 1. The standard InChI is InChI=1S/C16H20N2O/c1-3-5-11-18(4-2)16(19)14-8-9-15-13(12-14)7-6-10-17-15/h6-10,12H,3-5,11H2,1-2H3. The van der Waals surface area contributed by atoms with Crippen LogP contribution in [0.5, 0.6) is 0 Å². The summed E-state index contributed by atoms with van der Waals surface area (Å²) in [7, 11) is 0. The number of pyridine rings is 1. The third kappa shape index (κ3) is 3.11. The largest absolute Gasteiger partial charge is 0.339 e. The van der Waals surface area contributed by atoms with Gasteiger partial charge in [0.2, 0.25) is 0 Å². The molecule has 0 unspecified atom stereocenters. The molecule has 19 heavy (non-hydrogen) atoms. The van der Waals surface area contributed by atoms with Crippen LogP contribution in [-0.4, -0.2) is 28.9 Å². The first-order chi connectivity index (χ1) is 9.26. The molecule has 0 bridgehead atoms. The molecule has 0 saturated heterocycles. The van der Waals surface area contributed by atoms with Crippen LogP contribution in [0.4, 0.5) is 0 Å². The monoisotopic (exact) mass is 256 g/mol. The van der Waals surface area contributed by atoms with Crippen LogP contribution in [0.3, 0.4) is 0 Å².